The van der Waals surface area contributed by atoms with Crippen molar-refractivity contribution in [3.05, 3.63) is 119 Å². The van der Waals surface area contributed by atoms with E-state index in [9.17, 15) is 4.79 Å². The van der Waals surface area contributed by atoms with E-state index >= 15 is 0 Å². The summed E-state index contributed by atoms with van der Waals surface area (Å²) in [6.07, 6.45) is 1.82. The van der Waals surface area contributed by atoms with Gasteiger partial charge in [-0.15, -0.1) is 0 Å². The molecule has 0 unspecified atom stereocenters. The Morgan fingerprint density at radius 3 is 2.02 bits per heavy atom. The molecule has 2 aliphatic heterocycles. The summed E-state index contributed by atoms with van der Waals surface area (Å²) in [7, 11) is 0. The minimum Gasteiger partial charge on any atom is -0.456 e. The molecule has 3 heterocycles. The summed E-state index contributed by atoms with van der Waals surface area (Å²) >= 11 is 0. The molecule has 1 N–H and O–H groups in total. The predicted molar refractivity (Wildman–Crippen MR) is 188 cm³/mol. The Morgan fingerprint density at radius 2 is 1.37 bits per heavy atom. The molecule has 1 amide bonds. The summed E-state index contributed by atoms with van der Waals surface area (Å²) in [5.74, 6) is 1.59. The first kappa shape index (κ1) is 29.7. The fraction of sp³-hybridized carbons (Fsp3) is 0.282. The summed E-state index contributed by atoms with van der Waals surface area (Å²) in [6.45, 7) is 13.3. The number of nitrogens with one attached hydrogen (secondary N) is 1. The van der Waals surface area contributed by atoms with Crippen molar-refractivity contribution in [3.8, 4) is 11.5 Å². The Balaban J connectivity index is 1.39. The van der Waals surface area contributed by atoms with Gasteiger partial charge in [0.25, 0.3) is 5.91 Å². The summed E-state index contributed by atoms with van der Waals surface area (Å²) in [6, 6.07) is 31.3. The molecular formula is C39H41N5O2. The number of nitrogens with zero attached hydrogens (tertiary/aromatic N) is 4. The van der Waals surface area contributed by atoms with Crippen LogP contribution in [0.5, 0.6) is 11.5 Å². The number of benzene rings is 4. The topological polar surface area (TPSA) is 60.9 Å². The van der Waals surface area contributed by atoms with E-state index in [0.29, 0.717) is 13.1 Å². The molecule has 1 aromatic heterocycles. The first-order valence-electron chi connectivity index (χ1n) is 16.5. The van der Waals surface area contributed by atoms with Crippen molar-refractivity contribution in [2.45, 2.75) is 33.2 Å². The van der Waals surface area contributed by atoms with E-state index in [4.69, 9.17) is 4.74 Å². The Morgan fingerprint density at radius 1 is 0.739 bits per heavy atom. The molecule has 0 bridgehead atoms. The second kappa shape index (κ2) is 12.0. The lowest BCUT2D eigenvalue weighted by Crippen LogP contribution is -2.49. The van der Waals surface area contributed by atoms with Gasteiger partial charge >= 0.3 is 0 Å². The molecule has 0 saturated heterocycles. The van der Waals surface area contributed by atoms with Gasteiger partial charge in [0, 0.05) is 91.0 Å². The molecule has 1 spiro atoms. The van der Waals surface area contributed by atoms with Crippen LogP contribution in [0.1, 0.15) is 54.7 Å². The molecule has 0 fully saturated rings. The first-order valence-corrected chi connectivity index (χ1v) is 16.5. The lowest BCUT2D eigenvalue weighted by molar-refractivity contribution is 0.0676. The molecule has 4 aromatic carbocycles. The van der Waals surface area contributed by atoms with E-state index < -0.39 is 5.54 Å². The number of aromatic nitrogens is 1. The van der Waals surface area contributed by atoms with E-state index in [1.54, 1.807) is 0 Å². The van der Waals surface area contributed by atoms with Crippen LogP contribution in [0, 0.1) is 0 Å². The lowest BCUT2D eigenvalue weighted by atomic mass is 9.74. The third-order valence-electron chi connectivity index (χ3n) is 9.67. The number of carbonyl (C=O) groups is 1. The van der Waals surface area contributed by atoms with Crippen molar-refractivity contribution in [1.29, 1.82) is 0 Å². The largest absolute Gasteiger partial charge is 0.456 e. The molecule has 5 aromatic rings. The van der Waals surface area contributed by atoms with Crippen molar-refractivity contribution in [1.82, 2.24) is 9.88 Å². The molecule has 7 heteroatoms. The number of amides is 1. The fourth-order valence-electron chi connectivity index (χ4n) is 7.45. The SMILES string of the molecule is CCN(CC)c1ccc2c(c1)Oc1cc(N(CC)CC)ccc1C21c2ccccc2C(=O)N1CCNc1cccc2cccnc12. The minimum absolute atomic E-state index is 0.0212. The van der Waals surface area contributed by atoms with Gasteiger partial charge in [-0.3, -0.25) is 9.78 Å². The van der Waals surface area contributed by atoms with E-state index in [1.165, 1.54) is 0 Å². The van der Waals surface area contributed by atoms with Crippen LogP contribution in [-0.4, -0.2) is 55.1 Å². The van der Waals surface area contributed by atoms with Crippen molar-refractivity contribution in [2.24, 2.45) is 0 Å². The second-order valence-electron chi connectivity index (χ2n) is 11.8. The van der Waals surface area contributed by atoms with Crippen LogP contribution in [0.3, 0.4) is 0 Å². The van der Waals surface area contributed by atoms with Crippen LogP contribution in [0.4, 0.5) is 17.1 Å². The van der Waals surface area contributed by atoms with Crippen LogP contribution in [0.15, 0.2) is 97.2 Å². The van der Waals surface area contributed by atoms with E-state index in [2.05, 4.69) is 107 Å². The number of pyridine rings is 1. The van der Waals surface area contributed by atoms with E-state index in [1.807, 2.05) is 42.6 Å². The maximum atomic E-state index is 14.5. The van der Waals surface area contributed by atoms with Gasteiger partial charge in [-0.05, 0) is 63.6 Å². The van der Waals surface area contributed by atoms with Gasteiger partial charge in [-0.2, -0.15) is 0 Å². The first-order chi connectivity index (χ1) is 22.5. The zero-order valence-electron chi connectivity index (χ0n) is 27.1. The summed E-state index contributed by atoms with van der Waals surface area (Å²) in [5, 5.41) is 4.69. The number of para-hydroxylation sites is 1. The van der Waals surface area contributed by atoms with Gasteiger partial charge in [0.2, 0.25) is 0 Å². The Kier molecular flexibility index (Phi) is 7.77. The van der Waals surface area contributed by atoms with Crippen molar-refractivity contribution >= 4 is 33.9 Å². The monoisotopic (exact) mass is 611 g/mol. The molecule has 46 heavy (non-hydrogen) atoms. The molecule has 0 atom stereocenters. The van der Waals surface area contributed by atoms with Gasteiger partial charge < -0.3 is 24.8 Å². The average Bonchev–Trinajstić information content (AvgIpc) is 3.33. The van der Waals surface area contributed by atoms with Crippen molar-refractivity contribution < 1.29 is 9.53 Å². The highest BCUT2D eigenvalue weighted by atomic mass is 16.5. The molecule has 7 nitrogen and oxygen atoms in total. The number of hydrogen-bond donors (Lipinski definition) is 1. The van der Waals surface area contributed by atoms with Crippen LogP contribution in [-0.2, 0) is 5.54 Å². The van der Waals surface area contributed by atoms with Crippen LogP contribution in [0.2, 0.25) is 0 Å². The second-order valence-corrected chi connectivity index (χ2v) is 11.8. The molecule has 0 aliphatic carbocycles. The zero-order valence-corrected chi connectivity index (χ0v) is 27.1. The quantitative estimate of drug-likeness (QED) is 0.173. The average molecular weight is 612 g/mol. The maximum Gasteiger partial charge on any atom is 0.255 e. The summed E-state index contributed by atoms with van der Waals surface area (Å²) in [5.41, 5.74) is 6.93. The Labute approximate surface area is 271 Å². The molecule has 2 aliphatic rings. The normalized spacial score (nSPS) is 14.1. The maximum absolute atomic E-state index is 14.5. The Bertz CT molecular complexity index is 1850. The van der Waals surface area contributed by atoms with Crippen molar-refractivity contribution in [3.63, 3.8) is 0 Å². The number of anilines is 3. The number of fused-ring (bicyclic) bond motifs is 7. The van der Waals surface area contributed by atoms with E-state index in [-0.39, 0.29) is 5.91 Å². The third kappa shape index (κ3) is 4.56. The summed E-state index contributed by atoms with van der Waals surface area (Å²) < 4.78 is 6.83. The number of carbonyl (C=O) groups excluding carboxylic acids is 1. The van der Waals surface area contributed by atoms with Gasteiger partial charge in [0.15, 0.2) is 0 Å². The highest BCUT2D eigenvalue weighted by Crippen LogP contribution is 2.58. The van der Waals surface area contributed by atoms with Crippen LogP contribution < -0.4 is 19.9 Å². The fourth-order valence-corrected chi connectivity index (χ4v) is 7.45. The van der Waals surface area contributed by atoms with Crippen LogP contribution >= 0.6 is 0 Å². The number of hydrogen-bond acceptors (Lipinski definition) is 6. The number of rotatable bonds is 10. The Hall–Kier alpha value is -5.04. The van der Waals surface area contributed by atoms with Crippen molar-refractivity contribution in [2.75, 3.05) is 54.4 Å². The summed E-state index contributed by atoms with van der Waals surface area (Å²) in [4.78, 5) is 25.8. The lowest BCUT2D eigenvalue weighted by Gasteiger charge is -2.45. The van der Waals surface area contributed by atoms with Crippen LogP contribution in [0.25, 0.3) is 10.9 Å². The minimum atomic E-state index is -0.848. The molecule has 0 saturated carbocycles. The zero-order chi connectivity index (χ0) is 31.8. The molecule has 7 rings (SSSR count). The van der Waals surface area contributed by atoms with E-state index in [0.717, 1.165) is 87.9 Å². The highest BCUT2D eigenvalue weighted by molar-refractivity contribution is 6.02. The smallest absolute Gasteiger partial charge is 0.255 e. The number of ether oxygens (including phenoxy) is 1. The molecule has 0 radical (unpaired) electrons. The molecule has 234 valence electrons. The van der Waals surface area contributed by atoms with Gasteiger partial charge in [0.05, 0.1) is 11.2 Å². The predicted octanol–water partition coefficient (Wildman–Crippen LogP) is 7.89. The van der Waals surface area contributed by atoms with Gasteiger partial charge in [-0.25, -0.2) is 0 Å². The van der Waals surface area contributed by atoms with Gasteiger partial charge in [-0.1, -0.05) is 48.5 Å². The van der Waals surface area contributed by atoms with Gasteiger partial charge in [0.1, 0.15) is 17.0 Å². The third-order valence-corrected chi connectivity index (χ3v) is 9.67. The molecular weight excluding hydrogens is 570 g/mol. The standard InChI is InChI=1S/C39H41N5O2/c1-5-42(6-2)28-18-20-32-35(25-28)46-36-26-29(43(7-3)8-4)19-21-33(36)39(32)31-16-10-9-15-30(31)38(45)44(39)24-23-40-34-17-11-13-27-14-12-22-41-37(27)34/h9-22,25-26,40H,5-8,23-24H2,1-4H3. The highest BCUT2D eigenvalue weighted by Gasteiger charge is 2.56.